The predicted molar refractivity (Wildman–Crippen MR) is 71.1 cm³/mol. The SMILES string of the molecule is COc1ccc(CONC(=O)Cn2[nH]nnc2=S)cc1. The Balaban J connectivity index is 1.76. The van der Waals surface area contributed by atoms with Crippen LogP contribution in [0, 0.1) is 4.77 Å². The molecule has 0 fully saturated rings. The Kier molecular flexibility index (Phi) is 4.80. The summed E-state index contributed by atoms with van der Waals surface area (Å²) < 4.78 is 6.57. The van der Waals surface area contributed by atoms with Crippen LogP contribution in [0.5, 0.6) is 5.75 Å². The molecule has 2 rings (SSSR count). The smallest absolute Gasteiger partial charge is 0.265 e. The van der Waals surface area contributed by atoms with Gasteiger partial charge in [-0.1, -0.05) is 22.4 Å². The van der Waals surface area contributed by atoms with Crippen molar-refractivity contribution in [2.75, 3.05) is 7.11 Å². The summed E-state index contributed by atoms with van der Waals surface area (Å²) in [6.45, 7) is 0.219. The lowest BCUT2D eigenvalue weighted by Gasteiger charge is -2.06. The first kappa shape index (κ1) is 14.2. The van der Waals surface area contributed by atoms with E-state index in [0.29, 0.717) is 0 Å². The molecule has 0 bridgehead atoms. The fraction of sp³-hybridized carbons (Fsp3) is 0.273. The van der Waals surface area contributed by atoms with Crippen LogP contribution in [-0.2, 0) is 22.8 Å². The number of aromatic amines is 1. The quantitative estimate of drug-likeness (QED) is 0.598. The zero-order valence-electron chi connectivity index (χ0n) is 10.7. The van der Waals surface area contributed by atoms with Crippen molar-refractivity contribution in [3.05, 3.63) is 34.6 Å². The van der Waals surface area contributed by atoms with Crippen molar-refractivity contribution < 1.29 is 14.4 Å². The molecule has 1 heterocycles. The summed E-state index contributed by atoms with van der Waals surface area (Å²) in [7, 11) is 1.60. The molecule has 1 aromatic heterocycles. The third-order valence-corrected chi connectivity index (χ3v) is 2.72. The van der Waals surface area contributed by atoms with E-state index in [9.17, 15) is 4.79 Å². The number of aromatic nitrogens is 4. The molecule has 0 aliphatic carbocycles. The number of carbonyl (C=O) groups excluding carboxylic acids is 1. The molecule has 0 unspecified atom stereocenters. The second-order valence-electron chi connectivity index (χ2n) is 3.83. The van der Waals surface area contributed by atoms with Crippen molar-refractivity contribution >= 4 is 18.1 Å². The number of H-pyrrole nitrogens is 1. The standard InChI is InChI=1S/C11H13N5O3S/c1-18-9-4-2-8(3-5-9)7-19-13-10(17)6-16-11(20)12-14-15-16/h2-5H,6-7H2,1H3,(H,13,17)(H,12,15,20). The van der Waals surface area contributed by atoms with Gasteiger partial charge >= 0.3 is 0 Å². The lowest BCUT2D eigenvalue weighted by Crippen LogP contribution is -2.28. The highest BCUT2D eigenvalue weighted by Crippen LogP contribution is 2.11. The first-order chi connectivity index (χ1) is 9.69. The van der Waals surface area contributed by atoms with E-state index < -0.39 is 0 Å². The molecule has 0 saturated carbocycles. The molecular weight excluding hydrogens is 282 g/mol. The summed E-state index contributed by atoms with van der Waals surface area (Å²) in [5.74, 6) is 0.402. The van der Waals surface area contributed by atoms with E-state index in [1.54, 1.807) is 7.11 Å². The van der Waals surface area contributed by atoms with E-state index in [-0.39, 0.29) is 23.8 Å². The van der Waals surface area contributed by atoms with Crippen molar-refractivity contribution in [2.45, 2.75) is 13.2 Å². The Bertz CT molecular complexity index is 621. The Morgan fingerprint density at radius 3 is 2.80 bits per heavy atom. The van der Waals surface area contributed by atoms with Crippen LogP contribution < -0.4 is 10.2 Å². The Labute approximate surface area is 119 Å². The number of rotatable bonds is 6. The molecule has 0 aliphatic rings. The molecule has 9 heteroatoms. The minimum absolute atomic E-state index is 0.0333. The van der Waals surface area contributed by atoms with Gasteiger partial charge in [0.05, 0.1) is 13.7 Å². The third kappa shape index (κ3) is 3.87. The summed E-state index contributed by atoms with van der Waals surface area (Å²) in [4.78, 5) is 16.7. The Morgan fingerprint density at radius 1 is 1.45 bits per heavy atom. The molecule has 8 nitrogen and oxygen atoms in total. The third-order valence-electron chi connectivity index (χ3n) is 2.42. The molecule has 0 radical (unpaired) electrons. The predicted octanol–water partition coefficient (Wildman–Crippen LogP) is 0.592. The van der Waals surface area contributed by atoms with Gasteiger partial charge in [0.1, 0.15) is 12.3 Å². The van der Waals surface area contributed by atoms with Gasteiger partial charge in [0, 0.05) is 0 Å². The molecule has 0 spiro atoms. The van der Waals surface area contributed by atoms with Crippen molar-refractivity contribution in [1.29, 1.82) is 0 Å². The highest BCUT2D eigenvalue weighted by Gasteiger charge is 2.04. The average Bonchev–Trinajstić information content (AvgIpc) is 2.85. The molecular formula is C11H13N5O3S. The first-order valence-electron chi connectivity index (χ1n) is 5.70. The van der Waals surface area contributed by atoms with E-state index in [2.05, 4.69) is 21.0 Å². The van der Waals surface area contributed by atoms with Gasteiger partial charge in [0.2, 0.25) is 4.77 Å². The summed E-state index contributed by atoms with van der Waals surface area (Å²) in [5.41, 5.74) is 3.22. The van der Waals surface area contributed by atoms with Crippen LogP contribution in [-0.4, -0.2) is 33.2 Å². The highest BCUT2D eigenvalue weighted by molar-refractivity contribution is 7.71. The number of tetrazole rings is 1. The topological polar surface area (TPSA) is 94.1 Å². The molecule has 106 valence electrons. The van der Waals surface area contributed by atoms with Gasteiger partial charge in [-0.25, -0.2) is 10.2 Å². The minimum Gasteiger partial charge on any atom is -0.497 e. The van der Waals surface area contributed by atoms with Crippen LogP contribution in [0.25, 0.3) is 0 Å². The lowest BCUT2D eigenvalue weighted by molar-refractivity contribution is -0.135. The maximum atomic E-state index is 11.6. The van der Waals surface area contributed by atoms with Crippen LogP contribution in [0.3, 0.4) is 0 Å². The van der Waals surface area contributed by atoms with E-state index in [0.717, 1.165) is 11.3 Å². The summed E-state index contributed by atoms with van der Waals surface area (Å²) in [5, 5.41) is 9.50. The van der Waals surface area contributed by atoms with Crippen molar-refractivity contribution in [1.82, 2.24) is 25.7 Å². The maximum absolute atomic E-state index is 11.6. The van der Waals surface area contributed by atoms with Crippen LogP contribution in [0.4, 0.5) is 0 Å². The second-order valence-corrected chi connectivity index (χ2v) is 4.20. The number of nitrogens with zero attached hydrogens (tertiary/aromatic N) is 3. The minimum atomic E-state index is -0.360. The largest absolute Gasteiger partial charge is 0.497 e. The average molecular weight is 295 g/mol. The molecule has 0 aliphatic heterocycles. The van der Waals surface area contributed by atoms with Crippen molar-refractivity contribution in [2.24, 2.45) is 0 Å². The van der Waals surface area contributed by atoms with Crippen LogP contribution in [0.2, 0.25) is 0 Å². The van der Waals surface area contributed by atoms with Crippen LogP contribution in [0.15, 0.2) is 24.3 Å². The van der Waals surface area contributed by atoms with Gasteiger partial charge in [-0.05, 0) is 29.9 Å². The van der Waals surface area contributed by atoms with Crippen molar-refractivity contribution in [3.8, 4) is 5.75 Å². The number of benzene rings is 1. The zero-order valence-corrected chi connectivity index (χ0v) is 11.5. The maximum Gasteiger partial charge on any atom is 0.265 e. The number of hydrogen-bond acceptors (Lipinski definition) is 6. The van der Waals surface area contributed by atoms with Gasteiger partial charge in [0.15, 0.2) is 0 Å². The molecule has 2 aromatic rings. The number of amides is 1. The van der Waals surface area contributed by atoms with Gasteiger partial charge in [-0.3, -0.25) is 9.63 Å². The normalized spacial score (nSPS) is 10.2. The summed E-state index contributed by atoms with van der Waals surface area (Å²) in [6, 6.07) is 7.33. The van der Waals surface area contributed by atoms with E-state index in [1.807, 2.05) is 24.3 Å². The fourth-order valence-corrected chi connectivity index (χ4v) is 1.56. The van der Waals surface area contributed by atoms with E-state index in [1.165, 1.54) is 4.68 Å². The first-order valence-corrected chi connectivity index (χ1v) is 6.11. The lowest BCUT2D eigenvalue weighted by atomic mass is 10.2. The number of methoxy groups -OCH3 is 1. The Hall–Kier alpha value is -2.26. The van der Waals surface area contributed by atoms with Crippen LogP contribution in [0.1, 0.15) is 5.56 Å². The Morgan fingerprint density at radius 2 is 2.20 bits per heavy atom. The number of carbonyl (C=O) groups is 1. The van der Waals surface area contributed by atoms with Gasteiger partial charge < -0.3 is 4.74 Å². The summed E-state index contributed by atoms with van der Waals surface area (Å²) >= 11 is 4.84. The second kappa shape index (κ2) is 6.78. The number of hydroxylamine groups is 1. The molecule has 2 N–H and O–H groups in total. The molecule has 1 amide bonds. The van der Waals surface area contributed by atoms with E-state index in [4.69, 9.17) is 21.8 Å². The van der Waals surface area contributed by atoms with Crippen molar-refractivity contribution in [3.63, 3.8) is 0 Å². The summed E-state index contributed by atoms with van der Waals surface area (Å²) in [6.07, 6.45) is 0. The number of hydrogen-bond donors (Lipinski definition) is 2. The molecule has 0 atom stereocenters. The zero-order chi connectivity index (χ0) is 14.4. The molecule has 20 heavy (non-hydrogen) atoms. The number of ether oxygens (including phenoxy) is 1. The number of nitrogens with one attached hydrogen (secondary N) is 2. The van der Waals surface area contributed by atoms with Gasteiger partial charge in [0.25, 0.3) is 5.91 Å². The fourth-order valence-electron chi connectivity index (χ4n) is 1.42. The van der Waals surface area contributed by atoms with Crippen LogP contribution >= 0.6 is 12.2 Å². The molecule has 1 aromatic carbocycles. The van der Waals surface area contributed by atoms with Gasteiger partial charge in [-0.15, -0.1) is 0 Å². The highest BCUT2D eigenvalue weighted by atomic mass is 32.1. The van der Waals surface area contributed by atoms with Gasteiger partial charge in [-0.2, -0.15) is 5.21 Å². The monoisotopic (exact) mass is 295 g/mol. The van der Waals surface area contributed by atoms with E-state index >= 15 is 0 Å². The molecule has 0 saturated heterocycles.